The molecule has 7 rings (SSSR count). The zero-order valence-electron chi connectivity index (χ0n) is 22.1. The summed E-state index contributed by atoms with van der Waals surface area (Å²) in [6, 6.07) is 19.7. The molecular formula is C30H25N7O3. The summed E-state index contributed by atoms with van der Waals surface area (Å²) >= 11 is 0. The van der Waals surface area contributed by atoms with Crippen LogP contribution in [0.15, 0.2) is 79.4 Å². The van der Waals surface area contributed by atoms with E-state index < -0.39 is 0 Å². The van der Waals surface area contributed by atoms with Gasteiger partial charge in [0.2, 0.25) is 11.8 Å². The molecule has 0 aliphatic carbocycles. The molecule has 4 aromatic heterocycles. The summed E-state index contributed by atoms with van der Waals surface area (Å²) in [6.07, 6.45) is 5.78. The number of rotatable bonds is 6. The van der Waals surface area contributed by atoms with Crippen LogP contribution in [0, 0.1) is 6.92 Å². The molecule has 0 radical (unpaired) electrons. The second-order valence-electron chi connectivity index (χ2n) is 9.50. The van der Waals surface area contributed by atoms with E-state index in [2.05, 4.69) is 16.0 Å². The van der Waals surface area contributed by atoms with Gasteiger partial charge >= 0.3 is 0 Å². The van der Waals surface area contributed by atoms with E-state index in [1.807, 2.05) is 72.4 Å². The molecule has 0 saturated heterocycles. The van der Waals surface area contributed by atoms with E-state index >= 15 is 0 Å². The average molecular weight is 532 g/mol. The summed E-state index contributed by atoms with van der Waals surface area (Å²) in [4.78, 5) is 14.1. The third-order valence-electron chi connectivity index (χ3n) is 7.09. The molecule has 6 aromatic rings. The van der Waals surface area contributed by atoms with Crippen LogP contribution in [0.2, 0.25) is 0 Å². The van der Waals surface area contributed by atoms with Crippen LogP contribution in [0.4, 0.5) is 0 Å². The van der Waals surface area contributed by atoms with Gasteiger partial charge in [0.05, 0.1) is 42.6 Å². The van der Waals surface area contributed by atoms with Gasteiger partial charge in [0.15, 0.2) is 23.0 Å². The lowest BCUT2D eigenvalue weighted by molar-refractivity contribution is 0.354. The average Bonchev–Trinajstić information content (AvgIpc) is 3.57. The Morgan fingerprint density at radius 3 is 2.55 bits per heavy atom. The van der Waals surface area contributed by atoms with E-state index in [0.29, 0.717) is 41.2 Å². The highest BCUT2D eigenvalue weighted by Crippen LogP contribution is 2.49. The van der Waals surface area contributed by atoms with Crippen molar-refractivity contribution < 1.29 is 14.2 Å². The van der Waals surface area contributed by atoms with Crippen LogP contribution in [0.1, 0.15) is 39.7 Å². The van der Waals surface area contributed by atoms with Gasteiger partial charge in [-0.2, -0.15) is 5.10 Å². The van der Waals surface area contributed by atoms with Crippen LogP contribution in [-0.4, -0.2) is 48.6 Å². The van der Waals surface area contributed by atoms with Gasteiger partial charge in [-0.3, -0.25) is 4.98 Å². The lowest BCUT2D eigenvalue weighted by atomic mass is 9.85. The number of ether oxygens (including phenoxy) is 3. The van der Waals surface area contributed by atoms with Crippen LogP contribution in [-0.2, 0) is 6.42 Å². The Hall–Kier alpha value is -5.25. The van der Waals surface area contributed by atoms with Crippen LogP contribution >= 0.6 is 0 Å². The van der Waals surface area contributed by atoms with Crippen LogP contribution in [0.5, 0.6) is 23.3 Å². The SMILES string of the molecule is COc1ccc(Cc2nc3c4c(ncn3n2)Oc2c(c(C)nn2-c2ccccc2)[C@@H]4c2cccnc2)cc1OC. The molecule has 1 atom stereocenters. The Morgan fingerprint density at radius 1 is 0.925 bits per heavy atom. The summed E-state index contributed by atoms with van der Waals surface area (Å²) in [5.41, 5.74) is 6.19. The standard InChI is InChI=1S/C30H25N7O3/c1-18-25-26(20-8-7-13-31-16-20)27-28-33-24(15-19-11-12-22(38-2)23(14-19)39-3)35-36(28)17-32-29(27)40-30(25)37(34-18)21-9-5-4-6-10-21/h4-14,16-17,26H,15H2,1-3H3/t26-/m0/s1. The highest BCUT2D eigenvalue weighted by Gasteiger charge is 2.38. The molecule has 0 unspecified atom stereocenters. The number of methoxy groups -OCH3 is 2. The maximum atomic E-state index is 6.48. The lowest BCUT2D eigenvalue weighted by Gasteiger charge is -2.26. The molecule has 0 spiro atoms. The number of pyridine rings is 1. The molecule has 5 heterocycles. The number of aromatic nitrogens is 7. The van der Waals surface area contributed by atoms with E-state index in [9.17, 15) is 0 Å². The fourth-order valence-corrected chi connectivity index (χ4v) is 5.29. The summed E-state index contributed by atoms with van der Waals surface area (Å²) in [5.74, 6) is 2.83. The fraction of sp³-hybridized carbons (Fsp3) is 0.167. The fourth-order valence-electron chi connectivity index (χ4n) is 5.29. The van der Waals surface area contributed by atoms with Gasteiger partial charge in [-0.15, -0.1) is 5.10 Å². The molecule has 40 heavy (non-hydrogen) atoms. The molecule has 1 aliphatic rings. The smallest absolute Gasteiger partial charge is 0.230 e. The highest BCUT2D eigenvalue weighted by atomic mass is 16.5. The van der Waals surface area contributed by atoms with Crippen LogP contribution in [0.3, 0.4) is 0 Å². The predicted octanol–water partition coefficient (Wildman–Crippen LogP) is 4.91. The Balaban J connectivity index is 1.38. The van der Waals surface area contributed by atoms with Crippen molar-refractivity contribution in [1.82, 2.24) is 34.3 Å². The zero-order chi connectivity index (χ0) is 27.2. The third kappa shape index (κ3) is 3.84. The summed E-state index contributed by atoms with van der Waals surface area (Å²) in [6.45, 7) is 2.00. The van der Waals surface area contributed by atoms with Crippen molar-refractivity contribution in [3.05, 3.63) is 113 Å². The molecule has 0 bridgehead atoms. The lowest BCUT2D eigenvalue weighted by Crippen LogP contribution is -2.16. The Morgan fingerprint density at radius 2 is 1.77 bits per heavy atom. The molecule has 10 nitrogen and oxygen atoms in total. The number of para-hydroxylation sites is 1. The summed E-state index contributed by atoms with van der Waals surface area (Å²) in [7, 11) is 3.24. The second-order valence-corrected chi connectivity index (χ2v) is 9.50. The predicted molar refractivity (Wildman–Crippen MR) is 147 cm³/mol. The molecular weight excluding hydrogens is 506 g/mol. The van der Waals surface area contributed by atoms with Gasteiger partial charge in [0.1, 0.15) is 6.33 Å². The summed E-state index contributed by atoms with van der Waals surface area (Å²) in [5, 5.41) is 9.62. The number of fused-ring (bicyclic) bond motifs is 4. The molecule has 2 aromatic carbocycles. The Bertz CT molecular complexity index is 1850. The zero-order valence-corrected chi connectivity index (χ0v) is 22.1. The second kappa shape index (κ2) is 9.49. The maximum absolute atomic E-state index is 6.48. The van der Waals surface area contributed by atoms with E-state index in [0.717, 1.165) is 33.6 Å². The van der Waals surface area contributed by atoms with Crippen molar-refractivity contribution in [3.8, 4) is 28.9 Å². The number of aryl methyl sites for hydroxylation is 1. The van der Waals surface area contributed by atoms with Crippen molar-refractivity contribution >= 4 is 5.65 Å². The summed E-state index contributed by atoms with van der Waals surface area (Å²) < 4.78 is 20.9. The first-order valence-electron chi connectivity index (χ1n) is 12.8. The molecule has 1 aliphatic heterocycles. The topological polar surface area (TPSA) is 101 Å². The minimum absolute atomic E-state index is 0.251. The monoisotopic (exact) mass is 531 g/mol. The highest BCUT2D eigenvalue weighted by molar-refractivity contribution is 5.66. The van der Waals surface area contributed by atoms with E-state index in [1.54, 1.807) is 31.3 Å². The third-order valence-corrected chi connectivity index (χ3v) is 7.09. The molecule has 0 fully saturated rings. The van der Waals surface area contributed by atoms with E-state index in [-0.39, 0.29) is 5.92 Å². The van der Waals surface area contributed by atoms with Gasteiger partial charge in [-0.25, -0.2) is 19.2 Å². The van der Waals surface area contributed by atoms with Crippen molar-refractivity contribution in [2.75, 3.05) is 14.2 Å². The number of benzene rings is 2. The molecule has 0 saturated carbocycles. The minimum Gasteiger partial charge on any atom is -0.493 e. The first-order valence-corrected chi connectivity index (χ1v) is 12.8. The Labute approximate surface area is 229 Å². The molecule has 0 amide bonds. The number of nitrogens with zero attached hydrogens (tertiary/aromatic N) is 7. The van der Waals surface area contributed by atoms with Gasteiger partial charge in [-0.05, 0) is 48.4 Å². The van der Waals surface area contributed by atoms with Gasteiger partial charge < -0.3 is 14.2 Å². The number of hydrogen-bond acceptors (Lipinski definition) is 8. The first kappa shape index (κ1) is 23.8. The van der Waals surface area contributed by atoms with E-state index in [4.69, 9.17) is 29.4 Å². The van der Waals surface area contributed by atoms with Gasteiger partial charge in [-0.1, -0.05) is 30.3 Å². The minimum atomic E-state index is -0.251. The van der Waals surface area contributed by atoms with Crippen LogP contribution in [0.25, 0.3) is 11.3 Å². The molecule has 10 heteroatoms. The van der Waals surface area contributed by atoms with Crippen molar-refractivity contribution in [2.45, 2.75) is 19.3 Å². The van der Waals surface area contributed by atoms with Gasteiger partial charge in [0.25, 0.3) is 0 Å². The van der Waals surface area contributed by atoms with Gasteiger partial charge in [0, 0.05) is 18.8 Å². The van der Waals surface area contributed by atoms with Crippen LogP contribution < -0.4 is 14.2 Å². The van der Waals surface area contributed by atoms with E-state index in [1.165, 1.54) is 0 Å². The number of hydrogen-bond donors (Lipinski definition) is 0. The van der Waals surface area contributed by atoms with Crippen molar-refractivity contribution in [2.24, 2.45) is 0 Å². The van der Waals surface area contributed by atoms with Crippen molar-refractivity contribution in [1.29, 1.82) is 0 Å². The van der Waals surface area contributed by atoms with Crippen molar-refractivity contribution in [3.63, 3.8) is 0 Å². The molecule has 198 valence electrons. The Kier molecular flexibility index (Phi) is 5.66. The quantitative estimate of drug-likeness (QED) is 0.298. The maximum Gasteiger partial charge on any atom is 0.230 e. The first-order chi connectivity index (χ1) is 19.6. The molecule has 0 N–H and O–H groups in total. The normalized spacial score (nSPS) is 13.9. The largest absolute Gasteiger partial charge is 0.493 e.